The highest BCUT2D eigenvalue weighted by atomic mass is 32.2. The normalized spacial score (nSPS) is 19.0. The van der Waals surface area contributed by atoms with Crippen LogP contribution in [-0.2, 0) is 19.1 Å². The summed E-state index contributed by atoms with van der Waals surface area (Å²) in [5.41, 5.74) is 0.899. The summed E-state index contributed by atoms with van der Waals surface area (Å²) in [7, 11) is 0. The summed E-state index contributed by atoms with van der Waals surface area (Å²) >= 11 is 2.99. The van der Waals surface area contributed by atoms with Crippen molar-refractivity contribution < 1.29 is 19.1 Å². The lowest BCUT2D eigenvalue weighted by Gasteiger charge is -2.30. The van der Waals surface area contributed by atoms with Crippen LogP contribution in [-0.4, -0.2) is 42.3 Å². The van der Waals surface area contributed by atoms with E-state index < -0.39 is 0 Å². The molecule has 0 N–H and O–H groups in total. The second-order valence-electron chi connectivity index (χ2n) is 4.49. The zero-order valence-corrected chi connectivity index (χ0v) is 14.0. The van der Waals surface area contributed by atoms with Gasteiger partial charge in [0.2, 0.25) is 0 Å². The van der Waals surface area contributed by atoms with Gasteiger partial charge in [-0.25, -0.2) is 4.79 Å². The topological polar surface area (TPSA) is 55.8 Å². The number of rotatable bonds is 5. The maximum Gasteiger partial charge on any atom is 0.347 e. The fourth-order valence-electron chi connectivity index (χ4n) is 2.13. The van der Waals surface area contributed by atoms with Crippen LogP contribution in [0.15, 0.2) is 21.0 Å². The van der Waals surface area contributed by atoms with Gasteiger partial charge in [0.05, 0.1) is 19.1 Å². The summed E-state index contributed by atoms with van der Waals surface area (Å²) < 4.78 is 10.2. The highest BCUT2D eigenvalue weighted by Crippen LogP contribution is 2.45. The Balaban J connectivity index is 2.18. The summed E-state index contributed by atoms with van der Waals surface area (Å²) in [5, 5.41) is 2.80. The van der Waals surface area contributed by atoms with Crippen LogP contribution in [0.2, 0.25) is 0 Å². The van der Waals surface area contributed by atoms with Crippen LogP contribution < -0.4 is 0 Å². The van der Waals surface area contributed by atoms with E-state index in [1.54, 1.807) is 13.8 Å². The minimum Gasteiger partial charge on any atom is -0.465 e. The molecule has 2 aliphatic rings. The summed E-state index contributed by atoms with van der Waals surface area (Å²) in [5.74, 6) is -0.0541. The van der Waals surface area contributed by atoms with Crippen LogP contribution in [0.4, 0.5) is 0 Å². The molecule has 1 atom stereocenters. The first kappa shape index (κ1) is 16.3. The molecule has 2 rings (SSSR count). The number of carbonyl (C=O) groups is 2. The second-order valence-corrected chi connectivity index (χ2v) is 6.45. The van der Waals surface area contributed by atoms with E-state index in [1.807, 2.05) is 17.2 Å². The van der Waals surface area contributed by atoms with Crippen LogP contribution in [0, 0.1) is 5.92 Å². The zero-order valence-electron chi connectivity index (χ0n) is 12.4. The number of hydrogen-bond donors (Lipinski definition) is 0. The Morgan fingerprint density at radius 1 is 1.33 bits per heavy atom. The Labute approximate surface area is 133 Å². The van der Waals surface area contributed by atoms with Crippen molar-refractivity contribution in [3.63, 3.8) is 0 Å². The molecule has 0 saturated heterocycles. The highest BCUT2D eigenvalue weighted by molar-refractivity contribution is 8.09. The van der Waals surface area contributed by atoms with Gasteiger partial charge in [0.25, 0.3) is 0 Å². The molecule has 5 nitrogen and oxygen atoms in total. The minimum atomic E-state index is -0.332. The maximum atomic E-state index is 12.0. The number of nitrogens with zero attached hydrogens (tertiary/aromatic N) is 1. The molecule has 7 heteroatoms. The Hall–Kier alpha value is -1.08. The van der Waals surface area contributed by atoms with Crippen molar-refractivity contribution in [1.29, 1.82) is 0 Å². The first-order chi connectivity index (χ1) is 10.1. The van der Waals surface area contributed by atoms with E-state index in [1.165, 1.54) is 23.5 Å². The second kappa shape index (κ2) is 7.26. The molecule has 0 aliphatic carbocycles. The third kappa shape index (κ3) is 3.40. The molecule has 0 aromatic carbocycles. The predicted octanol–water partition coefficient (Wildman–Crippen LogP) is 2.55. The number of hydrogen-bond acceptors (Lipinski definition) is 7. The van der Waals surface area contributed by atoms with Crippen molar-refractivity contribution in [2.75, 3.05) is 25.5 Å². The number of fused-ring (bicyclic) bond motifs is 1. The summed E-state index contributed by atoms with van der Waals surface area (Å²) in [6, 6.07) is 0. The van der Waals surface area contributed by atoms with Gasteiger partial charge in [0, 0.05) is 18.0 Å². The third-order valence-corrected chi connectivity index (χ3v) is 5.32. The van der Waals surface area contributed by atoms with Crippen LogP contribution in [0.1, 0.15) is 20.8 Å². The molecule has 2 heterocycles. The summed E-state index contributed by atoms with van der Waals surface area (Å²) in [6.45, 7) is 6.94. The Morgan fingerprint density at radius 2 is 2.05 bits per heavy atom. The van der Waals surface area contributed by atoms with Crippen LogP contribution in [0.3, 0.4) is 0 Å². The molecular weight excluding hydrogens is 310 g/mol. The third-order valence-electron chi connectivity index (χ3n) is 3.15. The van der Waals surface area contributed by atoms with E-state index in [2.05, 4.69) is 0 Å². The summed E-state index contributed by atoms with van der Waals surface area (Å²) in [4.78, 5) is 26.6. The highest BCUT2D eigenvalue weighted by Gasteiger charge is 2.35. The van der Waals surface area contributed by atoms with Gasteiger partial charge in [-0.1, -0.05) is 11.8 Å². The first-order valence-corrected chi connectivity index (χ1v) is 8.81. The molecule has 0 aromatic rings. The maximum absolute atomic E-state index is 12.0. The lowest BCUT2D eigenvalue weighted by atomic mass is 10.1. The summed E-state index contributed by atoms with van der Waals surface area (Å²) in [6.07, 6.45) is 0. The van der Waals surface area contributed by atoms with Gasteiger partial charge in [-0.15, -0.1) is 11.8 Å². The van der Waals surface area contributed by atoms with E-state index >= 15 is 0 Å². The molecule has 0 saturated carbocycles. The molecule has 0 amide bonds. The van der Waals surface area contributed by atoms with Gasteiger partial charge >= 0.3 is 11.9 Å². The average molecular weight is 329 g/mol. The van der Waals surface area contributed by atoms with Crippen LogP contribution in [0.25, 0.3) is 0 Å². The molecular formula is C14H19NO4S2. The van der Waals surface area contributed by atoms with Crippen molar-refractivity contribution in [2.24, 2.45) is 5.92 Å². The Bertz CT molecular complexity index is 501. The van der Waals surface area contributed by atoms with Gasteiger partial charge < -0.3 is 14.4 Å². The van der Waals surface area contributed by atoms with E-state index in [9.17, 15) is 9.59 Å². The smallest absolute Gasteiger partial charge is 0.347 e. The van der Waals surface area contributed by atoms with Crippen molar-refractivity contribution in [2.45, 2.75) is 20.8 Å². The fourth-order valence-corrected chi connectivity index (χ4v) is 4.42. The zero-order chi connectivity index (χ0) is 15.4. The average Bonchev–Trinajstić information content (AvgIpc) is 2.90. The molecule has 0 bridgehead atoms. The predicted molar refractivity (Wildman–Crippen MR) is 84.3 cm³/mol. The number of carbonyl (C=O) groups excluding carboxylic acids is 2. The molecule has 21 heavy (non-hydrogen) atoms. The monoisotopic (exact) mass is 329 g/mol. The molecule has 0 radical (unpaired) electrons. The quantitative estimate of drug-likeness (QED) is 0.718. The van der Waals surface area contributed by atoms with E-state index in [4.69, 9.17) is 9.47 Å². The lowest BCUT2D eigenvalue weighted by Crippen LogP contribution is -2.32. The van der Waals surface area contributed by atoms with E-state index in [0.717, 1.165) is 23.0 Å². The molecule has 1 unspecified atom stereocenters. The number of esters is 2. The molecule has 0 fully saturated rings. The number of ether oxygens (including phenoxy) is 2. The molecule has 116 valence electrons. The van der Waals surface area contributed by atoms with E-state index in [0.29, 0.717) is 18.1 Å². The SMILES string of the molecule is CCOC(=O)C1=C2SC=C(C(C)C(=O)OCC)N2CCS1. The van der Waals surface area contributed by atoms with E-state index in [-0.39, 0.29) is 17.9 Å². The molecule has 0 spiro atoms. The van der Waals surface area contributed by atoms with Gasteiger partial charge in [-0.05, 0) is 26.2 Å². The Morgan fingerprint density at radius 3 is 2.71 bits per heavy atom. The fraction of sp³-hybridized carbons (Fsp3) is 0.571. The molecule has 2 aliphatic heterocycles. The Kier molecular flexibility index (Phi) is 5.64. The number of thioether (sulfide) groups is 2. The molecule has 0 aromatic heterocycles. The standard InChI is InChI=1S/C14H19NO4S2/c1-4-18-13(16)9(3)10-8-21-12-11(14(17)19-5-2)20-7-6-15(10)12/h8-9H,4-7H2,1-3H3. The van der Waals surface area contributed by atoms with Crippen molar-refractivity contribution >= 4 is 35.5 Å². The first-order valence-electron chi connectivity index (χ1n) is 6.95. The lowest BCUT2D eigenvalue weighted by molar-refractivity contribution is -0.146. The van der Waals surface area contributed by atoms with Gasteiger partial charge in [0.15, 0.2) is 0 Å². The van der Waals surface area contributed by atoms with Crippen molar-refractivity contribution in [3.8, 4) is 0 Å². The van der Waals surface area contributed by atoms with Gasteiger partial charge in [-0.2, -0.15) is 0 Å². The van der Waals surface area contributed by atoms with Crippen molar-refractivity contribution in [3.05, 3.63) is 21.0 Å². The van der Waals surface area contributed by atoms with Crippen molar-refractivity contribution in [1.82, 2.24) is 4.90 Å². The largest absolute Gasteiger partial charge is 0.465 e. The van der Waals surface area contributed by atoms with Crippen LogP contribution >= 0.6 is 23.5 Å². The van der Waals surface area contributed by atoms with Gasteiger partial charge in [-0.3, -0.25) is 4.79 Å². The van der Waals surface area contributed by atoms with Gasteiger partial charge in [0.1, 0.15) is 9.93 Å². The van der Waals surface area contributed by atoms with Crippen LogP contribution in [0.5, 0.6) is 0 Å². The minimum absolute atomic E-state index is 0.235.